The molecule has 2 amide bonds. The smallest absolute Gasteiger partial charge is 0.317 e. The van der Waals surface area contributed by atoms with Crippen LogP contribution in [0.25, 0.3) is 0 Å². The van der Waals surface area contributed by atoms with Crippen LogP contribution in [-0.4, -0.2) is 41.1 Å². The standard InChI is InChI=1S/C16H28N2O3/c1-3-15(9-10-15)12-17-14(21)18(2)16(11-13(19)20)7-5-4-6-8-16/h3-12H2,1-2H3,(H,17,21)(H,19,20). The van der Waals surface area contributed by atoms with Gasteiger partial charge in [0, 0.05) is 13.6 Å². The Morgan fingerprint density at radius 2 is 1.76 bits per heavy atom. The first-order valence-corrected chi connectivity index (χ1v) is 8.17. The lowest BCUT2D eigenvalue weighted by atomic mass is 9.78. The molecule has 5 nitrogen and oxygen atoms in total. The van der Waals surface area contributed by atoms with Crippen molar-refractivity contribution in [3.63, 3.8) is 0 Å². The summed E-state index contributed by atoms with van der Waals surface area (Å²) in [6.45, 7) is 2.88. The minimum absolute atomic E-state index is 0.0514. The number of carboxylic acids is 1. The first-order valence-electron chi connectivity index (χ1n) is 8.17. The second-order valence-electron chi connectivity index (χ2n) is 6.93. The fourth-order valence-corrected chi connectivity index (χ4v) is 3.55. The Balaban J connectivity index is 1.97. The second-order valence-corrected chi connectivity index (χ2v) is 6.93. The maximum Gasteiger partial charge on any atom is 0.317 e. The summed E-state index contributed by atoms with van der Waals surface area (Å²) in [6, 6.07) is -0.113. The van der Waals surface area contributed by atoms with Gasteiger partial charge in [-0.05, 0) is 37.5 Å². The molecule has 0 aliphatic heterocycles. The van der Waals surface area contributed by atoms with Crippen LogP contribution in [0, 0.1) is 5.41 Å². The summed E-state index contributed by atoms with van der Waals surface area (Å²) in [7, 11) is 1.76. The summed E-state index contributed by atoms with van der Waals surface area (Å²) in [4.78, 5) is 25.3. The van der Waals surface area contributed by atoms with E-state index in [1.165, 1.54) is 12.8 Å². The Bertz CT molecular complexity index is 398. The van der Waals surface area contributed by atoms with E-state index in [9.17, 15) is 14.7 Å². The molecule has 2 rings (SSSR count). The van der Waals surface area contributed by atoms with Crippen LogP contribution in [-0.2, 0) is 4.79 Å². The number of hydrogen-bond donors (Lipinski definition) is 2. The van der Waals surface area contributed by atoms with Crippen LogP contribution >= 0.6 is 0 Å². The Hall–Kier alpha value is -1.26. The third kappa shape index (κ3) is 3.69. The molecule has 0 aromatic heterocycles. The van der Waals surface area contributed by atoms with E-state index >= 15 is 0 Å². The lowest BCUT2D eigenvalue weighted by molar-refractivity contribution is -0.140. The van der Waals surface area contributed by atoms with Crippen LogP contribution in [0.2, 0.25) is 0 Å². The van der Waals surface area contributed by atoms with E-state index in [-0.39, 0.29) is 12.5 Å². The second kappa shape index (κ2) is 6.24. The van der Waals surface area contributed by atoms with Gasteiger partial charge < -0.3 is 15.3 Å². The third-order valence-electron chi connectivity index (χ3n) is 5.60. The zero-order valence-electron chi connectivity index (χ0n) is 13.3. The summed E-state index contributed by atoms with van der Waals surface area (Å²) in [5.74, 6) is -0.816. The summed E-state index contributed by atoms with van der Waals surface area (Å²) in [6.07, 6.45) is 8.25. The number of nitrogens with zero attached hydrogens (tertiary/aromatic N) is 1. The van der Waals surface area contributed by atoms with Crippen LogP contribution in [0.1, 0.15) is 64.7 Å². The quantitative estimate of drug-likeness (QED) is 0.791. The van der Waals surface area contributed by atoms with E-state index in [1.807, 2.05) is 0 Å². The molecule has 0 heterocycles. The summed E-state index contributed by atoms with van der Waals surface area (Å²) < 4.78 is 0. The molecule has 2 N–H and O–H groups in total. The SMILES string of the molecule is CCC1(CNC(=O)N(C)C2(CC(=O)O)CCCCC2)CC1. The van der Waals surface area contributed by atoms with Crippen molar-refractivity contribution in [3.05, 3.63) is 0 Å². The van der Waals surface area contributed by atoms with Gasteiger partial charge in [-0.15, -0.1) is 0 Å². The molecule has 2 saturated carbocycles. The van der Waals surface area contributed by atoms with Crippen molar-refractivity contribution < 1.29 is 14.7 Å². The highest BCUT2D eigenvalue weighted by Gasteiger charge is 2.43. The van der Waals surface area contributed by atoms with E-state index in [4.69, 9.17) is 0 Å². The molecule has 0 aromatic rings. The molecule has 0 aromatic carbocycles. The monoisotopic (exact) mass is 296 g/mol. The van der Waals surface area contributed by atoms with Crippen LogP contribution in [0.3, 0.4) is 0 Å². The van der Waals surface area contributed by atoms with Crippen molar-refractivity contribution in [2.75, 3.05) is 13.6 Å². The van der Waals surface area contributed by atoms with E-state index in [2.05, 4.69) is 12.2 Å². The van der Waals surface area contributed by atoms with E-state index in [1.54, 1.807) is 11.9 Å². The molecule has 2 aliphatic carbocycles. The number of urea groups is 1. The molecule has 0 spiro atoms. The van der Waals surface area contributed by atoms with Crippen LogP contribution in [0.4, 0.5) is 4.79 Å². The first kappa shape index (κ1) is 16.1. The van der Waals surface area contributed by atoms with Gasteiger partial charge in [0.2, 0.25) is 0 Å². The average Bonchev–Trinajstić information content (AvgIpc) is 3.25. The van der Waals surface area contributed by atoms with Crippen molar-refractivity contribution >= 4 is 12.0 Å². The molecule has 2 fully saturated rings. The number of amides is 2. The van der Waals surface area contributed by atoms with Gasteiger partial charge in [0.15, 0.2) is 0 Å². The lowest BCUT2D eigenvalue weighted by Crippen LogP contribution is -2.55. The van der Waals surface area contributed by atoms with Crippen molar-refractivity contribution in [2.45, 2.75) is 70.3 Å². The van der Waals surface area contributed by atoms with Gasteiger partial charge in [0.05, 0.1) is 12.0 Å². The number of aliphatic carboxylic acids is 1. The van der Waals surface area contributed by atoms with Crippen LogP contribution in [0.5, 0.6) is 0 Å². The molecule has 0 atom stereocenters. The van der Waals surface area contributed by atoms with Crippen molar-refractivity contribution in [1.29, 1.82) is 0 Å². The summed E-state index contributed by atoms with van der Waals surface area (Å²) >= 11 is 0. The Morgan fingerprint density at radius 1 is 1.14 bits per heavy atom. The fraction of sp³-hybridized carbons (Fsp3) is 0.875. The molecular formula is C16H28N2O3. The Kier molecular flexibility index (Phi) is 4.79. The highest BCUT2D eigenvalue weighted by Crippen LogP contribution is 2.48. The predicted molar refractivity (Wildman–Crippen MR) is 81.2 cm³/mol. The van der Waals surface area contributed by atoms with E-state index in [0.717, 1.165) is 45.1 Å². The number of hydrogen-bond acceptors (Lipinski definition) is 2. The third-order valence-corrected chi connectivity index (χ3v) is 5.60. The van der Waals surface area contributed by atoms with E-state index < -0.39 is 11.5 Å². The Labute approximate surface area is 127 Å². The van der Waals surface area contributed by atoms with Gasteiger partial charge in [-0.2, -0.15) is 0 Å². The van der Waals surface area contributed by atoms with E-state index in [0.29, 0.717) is 5.41 Å². The zero-order chi connectivity index (χ0) is 15.5. The molecule has 5 heteroatoms. The molecule has 21 heavy (non-hydrogen) atoms. The number of nitrogens with one attached hydrogen (secondary N) is 1. The molecule has 0 saturated heterocycles. The highest BCUT2D eigenvalue weighted by atomic mass is 16.4. The molecule has 0 unspecified atom stereocenters. The van der Waals surface area contributed by atoms with Gasteiger partial charge in [-0.3, -0.25) is 4.79 Å². The maximum atomic E-state index is 12.4. The maximum absolute atomic E-state index is 12.4. The van der Waals surface area contributed by atoms with Crippen molar-refractivity contribution in [1.82, 2.24) is 10.2 Å². The van der Waals surface area contributed by atoms with Gasteiger partial charge in [0.25, 0.3) is 0 Å². The van der Waals surface area contributed by atoms with Gasteiger partial charge in [0.1, 0.15) is 0 Å². The molecule has 0 radical (unpaired) electrons. The number of carbonyl (C=O) groups excluding carboxylic acids is 1. The highest BCUT2D eigenvalue weighted by molar-refractivity contribution is 5.77. The number of carboxylic acid groups (broad SMARTS) is 1. The van der Waals surface area contributed by atoms with Gasteiger partial charge in [-0.1, -0.05) is 26.2 Å². The largest absolute Gasteiger partial charge is 0.481 e. The first-order chi connectivity index (χ1) is 9.93. The van der Waals surface area contributed by atoms with Crippen LogP contribution < -0.4 is 5.32 Å². The average molecular weight is 296 g/mol. The van der Waals surface area contributed by atoms with Crippen LogP contribution in [0.15, 0.2) is 0 Å². The lowest BCUT2D eigenvalue weighted by Gasteiger charge is -2.43. The molecular weight excluding hydrogens is 268 g/mol. The van der Waals surface area contributed by atoms with Crippen molar-refractivity contribution in [2.24, 2.45) is 5.41 Å². The topological polar surface area (TPSA) is 69.6 Å². The minimum Gasteiger partial charge on any atom is -0.481 e. The molecule has 2 aliphatic rings. The molecule has 0 bridgehead atoms. The minimum atomic E-state index is -0.816. The summed E-state index contributed by atoms with van der Waals surface area (Å²) in [5.41, 5.74) is -0.194. The van der Waals surface area contributed by atoms with Gasteiger partial charge in [-0.25, -0.2) is 4.79 Å². The summed E-state index contributed by atoms with van der Waals surface area (Å²) in [5, 5.41) is 12.2. The zero-order valence-corrected chi connectivity index (χ0v) is 13.3. The normalized spacial score (nSPS) is 22.4. The number of carbonyl (C=O) groups is 2. The predicted octanol–water partition coefficient (Wildman–Crippen LogP) is 3.00. The number of rotatable bonds is 6. The Morgan fingerprint density at radius 3 is 2.24 bits per heavy atom. The van der Waals surface area contributed by atoms with Gasteiger partial charge >= 0.3 is 12.0 Å². The fourth-order valence-electron chi connectivity index (χ4n) is 3.55. The molecule has 120 valence electrons. The van der Waals surface area contributed by atoms with Crippen molar-refractivity contribution in [3.8, 4) is 0 Å².